The first-order valence-corrected chi connectivity index (χ1v) is 7.52. The summed E-state index contributed by atoms with van der Waals surface area (Å²) in [4.78, 5) is 0. The summed E-state index contributed by atoms with van der Waals surface area (Å²) >= 11 is 0. The van der Waals surface area contributed by atoms with Crippen molar-refractivity contribution in [3.63, 3.8) is 0 Å². The zero-order chi connectivity index (χ0) is 16.0. The Kier molecular flexibility index (Phi) is 2.98. The highest BCUT2D eigenvalue weighted by Gasteiger charge is 2.24. The minimum Gasteiger partial charge on any atom is -0.309 e. The van der Waals surface area contributed by atoms with Crippen molar-refractivity contribution in [3.05, 3.63) is 78.4 Å². The lowest BCUT2D eigenvalue weighted by Crippen LogP contribution is -2.06. The summed E-state index contributed by atoms with van der Waals surface area (Å²) in [6.07, 6.45) is 0. The second kappa shape index (κ2) is 4.92. The molecule has 0 unspecified atom stereocenters. The van der Waals surface area contributed by atoms with Gasteiger partial charge in [0.1, 0.15) is 0 Å². The van der Waals surface area contributed by atoms with Crippen LogP contribution >= 0.6 is 0 Å². The molecule has 3 heteroatoms. The highest BCUT2D eigenvalue weighted by molar-refractivity contribution is 6.09. The van der Waals surface area contributed by atoms with E-state index in [1.807, 2.05) is 24.3 Å². The van der Waals surface area contributed by atoms with Gasteiger partial charge in [-0.3, -0.25) is 0 Å². The fraction of sp³-hybridized carbons (Fsp3) is 0.100. The van der Waals surface area contributed by atoms with E-state index in [-0.39, 0.29) is 5.56 Å². The van der Waals surface area contributed by atoms with Crippen molar-refractivity contribution in [1.82, 2.24) is 4.57 Å². The van der Waals surface area contributed by atoms with E-state index in [1.54, 1.807) is 12.1 Å². The first-order chi connectivity index (χ1) is 11.1. The van der Waals surface area contributed by atoms with E-state index in [9.17, 15) is 8.78 Å². The van der Waals surface area contributed by atoms with Gasteiger partial charge >= 0.3 is 0 Å². The van der Waals surface area contributed by atoms with Gasteiger partial charge in [0.15, 0.2) is 0 Å². The SMILES string of the molecule is CC(F)(F)c1ccc(-n2c3ccccc3c3ccccc32)cc1. The maximum Gasteiger partial charge on any atom is 0.270 e. The highest BCUT2D eigenvalue weighted by atomic mass is 19.3. The third-order valence-corrected chi connectivity index (χ3v) is 4.21. The molecule has 0 N–H and O–H groups in total. The van der Waals surface area contributed by atoms with Gasteiger partial charge in [0.25, 0.3) is 5.92 Å². The van der Waals surface area contributed by atoms with Crippen molar-refractivity contribution in [1.29, 1.82) is 0 Å². The Balaban J connectivity index is 2.01. The molecule has 4 rings (SSSR count). The Hall–Kier alpha value is -2.68. The van der Waals surface area contributed by atoms with Gasteiger partial charge in [-0.2, -0.15) is 0 Å². The average Bonchev–Trinajstić information content (AvgIpc) is 2.89. The van der Waals surface area contributed by atoms with Crippen LogP contribution in [0.25, 0.3) is 27.5 Å². The summed E-state index contributed by atoms with van der Waals surface area (Å²) in [7, 11) is 0. The van der Waals surface area contributed by atoms with Crippen LogP contribution in [-0.4, -0.2) is 4.57 Å². The summed E-state index contributed by atoms with van der Waals surface area (Å²) < 4.78 is 29.0. The first kappa shape index (κ1) is 13.9. The molecule has 4 aromatic rings. The molecule has 0 aliphatic carbocycles. The highest BCUT2D eigenvalue weighted by Crippen LogP contribution is 2.33. The Morgan fingerprint density at radius 2 is 1.17 bits per heavy atom. The summed E-state index contributed by atoms with van der Waals surface area (Å²) in [5, 5.41) is 2.32. The summed E-state index contributed by atoms with van der Waals surface area (Å²) in [5.41, 5.74) is 3.06. The predicted molar refractivity (Wildman–Crippen MR) is 90.3 cm³/mol. The van der Waals surface area contributed by atoms with Crippen LogP contribution in [0, 0.1) is 0 Å². The van der Waals surface area contributed by atoms with E-state index in [4.69, 9.17) is 0 Å². The van der Waals surface area contributed by atoms with Crippen LogP contribution < -0.4 is 0 Å². The number of nitrogens with zero attached hydrogens (tertiary/aromatic N) is 1. The topological polar surface area (TPSA) is 4.93 Å². The molecule has 0 amide bonds. The molecule has 0 saturated carbocycles. The predicted octanol–water partition coefficient (Wildman–Crippen LogP) is 5.90. The Labute approximate surface area is 132 Å². The Morgan fingerprint density at radius 1 is 0.696 bits per heavy atom. The van der Waals surface area contributed by atoms with Crippen molar-refractivity contribution in [2.24, 2.45) is 0 Å². The maximum absolute atomic E-state index is 13.4. The van der Waals surface area contributed by atoms with Crippen molar-refractivity contribution < 1.29 is 8.78 Å². The van der Waals surface area contributed by atoms with E-state index >= 15 is 0 Å². The fourth-order valence-corrected chi connectivity index (χ4v) is 3.10. The Morgan fingerprint density at radius 3 is 1.65 bits per heavy atom. The number of aromatic nitrogens is 1. The molecule has 0 fully saturated rings. The largest absolute Gasteiger partial charge is 0.309 e. The normalized spacial score (nSPS) is 12.1. The number of rotatable bonds is 2. The summed E-state index contributed by atoms with van der Waals surface area (Å²) in [5.74, 6) is -2.82. The molecule has 0 saturated heterocycles. The van der Waals surface area contributed by atoms with E-state index in [0.29, 0.717) is 0 Å². The molecule has 0 radical (unpaired) electrons. The van der Waals surface area contributed by atoms with Crippen molar-refractivity contribution in [3.8, 4) is 5.69 Å². The summed E-state index contributed by atoms with van der Waals surface area (Å²) in [6.45, 7) is 0.919. The maximum atomic E-state index is 13.4. The van der Waals surface area contributed by atoms with Crippen LogP contribution in [-0.2, 0) is 5.92 Å². The lowest BCUT2D eigenvalue weighted by Gasteiger charge is -2.12. The molecule has 1 nitrogen and oxygen atoms in total. The van der Waals surface area contributed by atoms with Crippen LogP contribution in [0.1, 0.15) is 12.5 Å². The van der Waals surface area contributed by atoms with Gasteiger partial charge in [-0.25, -0.2) is 8.78 Å². The van der Waals surface area contributed by atoms with Gasteiger partial charge in [-0.15, -0.1) is 0 Å². The van der Waals surface area contributed by atoms with Crippen LogP contribution in [0.3, 0.4) is 0 Å². The third-order valence-electron chi connectivity index (χ3n) is 4.21. The van der Waals surface area contributed by atoms with Gasteiger partial charge in [-0.05, 0) is 24.3 Å². The van der Waals surface area contributed by atoms with E-state index in [0.717, 1.165) is 34.4 Å². The van der Waals surface area contributed by atoms with Gasteiger partial charge in [0.05, 0.1) is 11.0 Å². The molecule has 3 aromatic carbocycles. The molecule has 0 atom stereocenters. The first-order valence-electron chi connectivity index (χ1n) is 7.52. The van der Waals surface area contributed by atoms with Gasteiger partial charge in [0, 0.05) is 28.9 Å². The molecule has 114 valence electrons. The van der Waals surface area contributed by atoms with Crippen LogP contribution in [0.2, 0.25) is 0 Å². The third kappa shape index (κ3) is 2.20. The zero-order valence-electron chi connectivity index (χ0n) is 12.6. The molecular formula is C20H15F2N. The molecule has 23 heavy (non-hydrogen) atoms. The van der Waals surface area contributed by atoms with Crippen molar-refractivity contribution in [2.75, 3.05) is 0 Å². The number of hydrogen-bond donors (Lipinski definition) is 0. The van der Waals surface area contributed by atoms with Crippen LogP contribution in [0.5, 0.6) is 0 Å². The van der Waals surface area contributed by atoms with E-state index in [1.165, 1.54) is 12.1 Å². The van der Waals surface area contributed by atoms with Crippen molar-refractivity contribution >= 4 is 21.8 Å². The van der Waals surface area contributed by atoms with Crippen LogP contribution in [0.15, 0.2) is 72.8 Å². The second-order valence-electron chi connectivity index (χ2n) is 5.80. The number of benzene rings is 3. The zero-order valence-corrected chi connectivity index (χ0v) is 12.6. The standard InChI is InChI=1S/C20H15F2N/c1-20(21,22)14-10-12-15(13-11-14)23-18-8-4-2-6-16(18)17-7-3-5-9-19(17)23/h2-13H,1H3. The van der Waals surface area contributed by atoms with Gasteiger partial charge < -0.3 is 4.57 Å². The second-order valence-corrected chi connectivity index (χ2v) is 5.80. The summed E-state index contributed by atoms with van der Waals surface area (Å²) in [6, 6.07) is 22.8. The quantitative estimate of drug-likeness (QED) is 0.435. The Bertz CT molecular complexity index is 938. The van der Waals surface area contributed by atoms with Crippen molar-refractivity contribution in [2.45, 2.75) is 12.8 Å². The molecule has 0 aliphatic heterocycles. The average molecular weight is 307 g/mol. The molecule has 0 spiro atoms. The number of para-hydroxylation sites is 2. The smallest absolute Gasteiger partial charge is 0.270 e. The minimum absolute atomic E-state index is 0.0296. The van der Waals surface area contributed by atoms with Crippen LogP contribution in [0.4, 0.5) is 8.78 Å². The molecule has 0 bridgehead atoms. The lowest BCUT2D eigenvalue weighted by molar-refractivity contribution is 0.0175. The van der Waals surface area contributed by atoms with Gasteiger partial charge in [-0.1, -0.05) is 48.5 Å². The van der Waals surface area contributed by atoms with Gasteiger partial charge in [0.2, 0.25) is 0 Å². The monoisotopic (exact) mass is 307 g/mol. The fourth-order valence-electron chi connectivity index (χ4n) is 3.10. The molecule has 1 heterocycles. The lowest BCUT2D eigenvalue weighted by atomic mass is 10.1. The number of hydrogen-bond acceptors (Lipinski definition) is 0. The van der Waals surface area contributed by atoms with E-state index in [2.05, 4.69) is 28.8 Å². The number of fused-ring (bicyclic) bond motifs is 3. The minimum atomic E-state index is -2.82. The van der Waals surface area contributed by atoms with E-state index < -0.39 is 5.92 Å². The molecule has 1 aromatic heterocycles. The molecular weight excluding hydrogens is 292 g/mol. The molecule has 0 aliphatic rings. The number of alkyl halides is 2. The number of halogens is 2.